The lowest BCUT2D eigenvalue weighted by Crippen LogP contribution is -2.29. The SMILES string of the molecule is COc1cc(Br)c(OC)c(C(=O)NCC(=O)O)c1. The highest BCUT2D eigenvalue weighted by atomic mass is 79.9. The number of hydrogen-bond donors (Lipinski definition) is 2. The Morgan fingerprint density at radius 3 is 2.50 bits per heavy atom. The smallest absolute Gasteiger partial charge is 0.322 e. The number of hydrogen-bond acceptors (Lipinski definition) is 4. The maximum absolute atomic E-state index is 11.8. The molecule has 0 fully saturated rings. The molecule has 1 aromatic rings. The highest BCUT2D eigenvalue weighted by Crippen LogP contribution is 2.33. The quantitative estimate of drug-likeness (QED) is 0.854. The van der Waals surface area contributed by atoms with Crippen molar-refractivity contribution in [2.24, 2.45) is 0 Å². The summed E-state index contributed by atoms with van der Waals surface area (Å²) < 4.78 is 10.7. The number of carboxylic acids is 1. The van der Waals surface area contributed by atoms with Gasteiger partial charge in [-0.25, -0.2) is 0 Å². The number of halogens is 1. The van der Waals surface area contributed by atoms with E-state index >= 15 is 0 Å². The van der Waals surface area contributed by atoms with E-state index in [2.05, 4.69) is 21.2 Å². The molecule has 0 heterocycles. The van der Waals surface area contributed by atoms with Crippen molar-refractivity contribution in [3.05, 3.63) is 22.2 Å². The summed E-state index contributed by atoms with van der Waals surface area (Å²) in [4.78, 5) is 22.2. The topological polar surface area (TPSA) is 84.9 Å². The third-order valence-electron chi connectivity index (χ3n) is 2.10. The van der Waals surface area contributed by atoms with Crippen LogP contribution >= 0.6 is 15.9 Å². The number of aliphatic carboxylic acids is 1. The fourth-order valence-electron chi connectivity index (χ4n) is 1.31. The van der Waals surface area contributed by atoms with Gasteiger partial charge in [0, 0.05) is 0 Å². The lowest BCUT2D eigenvalue weighted by atomic mass is 10.1. The third kappa shape index (κ3) is 3.36. The first-order valence-corrected chi connectivity index (χ1v) is 5.70. The van der Waals surface area contributed by atoms with Gasteiger partial charge in [0.15, 0.2) is 0 Å². The van der Waals surface area contributed by atoms with E-state index in [-0.39, 0.29) is 5.56 Å². The summed E-state index contributed by atoms with van der Waals surface area (Å²) in [7, 11) is 2.88. The third-order valence-corrected chi connectivity index (χ3v) is 2.69. The van der Waals surface area contributed by atoms with Gasteiger partial charge >= 0.3 is 5.97 Å². The second kappa shape index (κ2) is 6.25. The predicted octanol–water partition coefficient (Wildman–Crippen LogP) is 1.28. The normalized spacial score (nSPS) is 9.72. The molecule has 0 atom stereocenters. The predicted molar refractivity (Wildman–Crippen MR) is 67.2 cm³/mol. The van der Waals surface area contributed by atoms with Crippen LogP contribution in [0.15, 0.2) is 16.6 Å². The van der Waals surface area contributed by atoms with Crippen LogP contribution in [0.3, 0.4) is 0 Å². The average molecular weight is 318 g/mol. The Morgan fingerprint density at radius 1 is 1.33 bits per heavy atom. The van der Waals surface area contributed by atoms with Crippen molar-refractivity contribution < 1.29 is 24.2 Å². The van der Waals surface area contributed by atoms with Crippen LogP contribution in [0, 0.1) is 0 Å². The highest BCUT2D eigenvalue weighted by Gasteiger charge is 2.17. The van der Waals surface area contributed by atoms with Gasteiger partial charge in [-0.1, -0.05) is 0 Å². The Balaban J connectivity index is 3.08. The molecule has 0 aromatic heterocycles. The van der Waals surface area contributed by atoms with Gasteiger partial charge in [-0.3, -0.25) is 9.59 Å². The number of amides is 1. The molecular weight excluding hydrogens is 306 g/mol. The first-order chi connectivity index (χ1) is 8.49. The molecule has 0 aliphatic rings. The van der Waals surface area contributed by atoms with Crippen molar-refractivity contribution in [3.63, 3.8) is 0 Å². The molecule has 0 bridgehead atoms. The number of rotatable bonds is 5. The van der Waals surface area contributed by atoms with Gasteiger partial charge in [0.05, 0.1) is 24.3 Å². The zero-order chi connectivity index (χ0) is 13.7. The van der Waals surface area contributed by atoms with Crippen molar-refractivity contribution in [3.8, 4) is 11.5 Å². The Kier molecular flexibility index (Phi) is 4.96. The molecule has 1 rings (SSSR count). The van der Waals surface area contributed by atoms with Gasteiger partial charge in [-0.05, 0) is 28.1 Å². The van der Waals surface area contributed by atoms with E-state index in [4.69, 9.17) is 14.6 Å². The molecule has 1 amide bonds. The fraction of sp³-hybridized carbons (Fsp3) is 0.273. The van der Waals surface area contributed by atoms with Crippen molar-refractivity contribution in [2.45, 2.75) is 0 Å². The van der Waals surface area contributed by atoms with E-state index in [9.17, 15) is 9.59 Å². The van der Waals surface area contributed by atoms with E-state index in [1.54, 1.807) is 6.07 Å². The molecule has 6 nitrogen and oxygen atoms in total. The number of benzene rings is 1. The van der Waals surface area contributed by atoms with E-state index < -0.39 is 18.4 Å². The molecule has 0 aliphatic carbocycles. The summed E-state index contributed by atoms with van der Waals surface area (Å²) in [6.45, 7) is -0.461. The van der Waals surface area contributed by atoms with Gasteiger partial charge in [0.2, 0.25) is 0 Å². The van der Waals surface area contributed by atoms with Crippen LogP contribution < -0.4 is 14.8 Å². The number of carboxylic acid groups (broad SMARTS) is 1. The Hall–Kier alpha value is -1.76. The molecule has 18 heavy (non-hydrogen) atoms. The molecule has 0 aliphatic heterocycles. The van der Waals surface area contributed by atoms with Gasteiger partial charge < -0.3 is 19.9 Å². The highest BCUT2D eigenvalue weighted by molar-refractivity contribution is 9.10. The van der Waals surface area contributed by atoms with E-state index in [0.29, 0.717) is 16.0 Å². The number of ether oxygens (including phenoxy) is 2. The number of carbonyl (C=O) groups excluding carboxylic acids is 1. The average Bonchev–Trinajstić information content (AvgIpc) is 2.34. The van der Waals surface area contributed by atoms with Crippen LogP contribution in [0.4, 0.5) is 0 Å². The first-order valence-electron chi connectivity index (χ1n) is 4.91. The summed E-state index contributed by atoms with van der Waals surface area (Å²) in [5.74, 6) is -0.889. The molecule has 0 saturated heterocycles. The molecule has 0 spiro atoms. The van der Waals surface area contributed by atoms with Crippen molar-refractivity contribution in [2.75, 3.05) is 20.8 Å². The Labute approximate surface area is 112 Å². The summed E-state index contributed by atoms with van der Waals surface area (Å²) in [5.41, 5.74) is 0.199. The van der Waals surface area contributed by atoms with Crippen LogP contribution in [0.1, 0.15) is 10.4 Å². The molecule has 98 valence electrons. The lowest BCUT2D eigenvalue weighted by molar-refractivity contribution is -0.135. The van der Waals surface area contributed by atoms with E-state index in [1.807, 2.05) is 0 Å². The minimum absolute atomic E-state index is 0.199. The zero-order valence-electron chi connectivity index (χ0n) is 9.82. The van der Waals surface area contributed by atoms with Gasteiger partial charge in [0.25, 0.3) is 5.91 Å². The summed E-state index contributed by atoms with van der Waals surface area (Å²) in [6, 6.07) is 3.12. The minimum Gasteiger partial charge on any atom is -0.497 e. The maximum Gasteiger partial charge on any atom is 0.322 e. The molecule has 1 aromatic carbocycles. The summed E-state index contributed by atoms with van der Waals surface area (Å²) in [5, 5.41) is 10.8. The molecule has 0 radical (unpaired) electrons. The van der Waals surface area contributed by atoms with Gasteiger partial charge in [0.1, 0.15) is 18.0 Å². The van der Waals surface area contributed by atoms with Crippen LogP contribution in [0.25, 0.3) is 0 Å². The van der Waals surface area contributed by atoms with Gasteiger partial charge in [-0.2, -0.15) is 0 Å². The lowest BCUT2D eigenvalue weighted by Gasteiger charge is -2.12. The van der Waals surface area contributed by atoms with E-state index in [1.165, 1.54) is 20.3 Å². The zero-order valence-corrected chi connectivity index (χ0v) is 11.4. The van der Waals surface area contributed by atoms with Crippen molar-refractivity contribution >= 4 is 27.8 Å². The van der Waals surface area contributed by atoms with Crippen molar-refractivity contribution in [1.82, 2.24) is 5.32 Å². The number of nitrogens with one attached hydrogen (secondary N) is 1. The second-order valence-corrected chi connectivity index (χ2v) is 4.12. The molecule has 0 saturated carbocycles. The van der Waals surface area contributed by atoms with Crippen LogP contribution in [-0.2, 0) is 4.79 Å². The summed E-state index contributed by atoms with van der Waals surface area (Å²) in [6.07, 6.45) is 0. The Bertz CT molecular complexity index is 475. The summed E-state index contributed by atoms with van der Waals surface area (Å²) >= 11 is 3.25. The first kappa shape index (κ1) is 14.3. The van der Waals surface area contributed by atoms with Crippen LogP contribution in [0.2, 0.25) is 0 Å². The van der Waals surface area contributed by atoms with Gasteiger partial charge in [-0.15, -0.1) is 0 Å². The number of methoxy groups -OCH3 is 2. The van der Waals surface area contributed by atoms with Crippen molar-refractivity contribution in [1.29, 1.82) is 0 Å². The molecular formula is C11H12BrNO5. The standard InChI is InChI=1S/C11H12BrNO5/c1-17-6-3-7(10(18-2)8(12)4-6)11(16)13-5-9(14)15/h3-4H,5H2,1-2H3,(H,13,16)(H,14,15). The monoisotopic (exact) mass is 317 g/mol. The van der Waals surface area contributed by atoms with E-state index in [0.717, 1.165) is 0 Å². The Morgan fingerprint density at radius 2 is 2.00 bits per heavy atom. The maximum atomic E-state index is 11.8. The second-order valence-electron chi connectivity index (χ2n) is 3.27. The largest absolute Gasteiger partial charge is 0.497 e. The number of carbonyl (C=O) groups is 2. The van der Waals surface area contributed by atoms with Crippen LogP contribution in [0.5, 0.6) is 11.5 Å². The molecule has 7 heteroatoms. The fourth-order valence-corrected chi connectivity index (χ4v) is 1.91. The molecule has 2 N–H and O–H groups in total. The minimum atomic E-state index is -1.12. The molecule has 0 unspecified atom stereocenters. The van der Waals surface area contributed by atoms with Crippen LogP contribution in [-0.4, -0.2) is 37.7 Å².